The summed E-state index contributed by atoms with van der Waals surface area (Å²) in [5, 5.41) is 20.4. The van der Waals surface area contributed by atoms with Crippen LogP contribution in [0.1, 0.15) is 41.4 Å². The molecule has 0 aliphatic carbocycles. The average molecular weight is 322 g/mol. The molecule has 6 heteroatoms. The number of rotatable bonds is 4. The van der Waals surface area contributed by atoms with Crippen molar-refractivity contribution in [3.63, 3.8) is 0 Å². The smallest absolute Gasteiger partial charge is 0.337 e. The van der Waals surface area contributed by atoms with E-state index >= 15 is 0 Å². The van der Waals surface area contributed by atoms with Crippen LogP contribution in [-0.4, -0.2) is 34.7 Å². The zero-order chi connectivity index (χ0) is 17.4. The fraction of sp³-hybridized carbons (Fsp3) is 0. The van der Waals surface area contributed by atoms with Gasteiger partial charge in [-0.1, -0.05) is 30.3 Å². The number of aromatic carboxylic acids is 2. The van der Waals surface area contributed by atoms with E-state index in [-0.39, 0.29) is 27.6 Å². The van der Waals surface area contributed by atoms with Gasteiger partial charge < -0.3 is 10.2 Å². The molecule has 0 heterocycles. The topological polar surface area (TPSA) is 109 Å². The molecule has 24 heavy (non-hydrogen) atoms. The van der Waals surface area contributed by atoms with Crippen molar-refractivity contribution in [1.82, 2.24) is 0 Å². The van der Waals surface area contributed by atoms with Gasteiger partial charge >= 0.3 is 11.9 Å². The maximum atomic E-state index is 11.5. The van der Waals surface area contributed by atoms with Gasteiger partial charge in [-0.3, -0.25) is 9.59 Å². The Morgan fingerprint density at radius 3 is 1.88 bits per heavy atom. The first-order valence-electron chi connectivity index (χ1n) is 6.89. The predicted molar refractivity (Wildman–Crippen MR) is 86.1 cm³/mol. The van der Waals surface area contributed by atoms with Crippen molar-refractivity contribution in [2.75, 3.05) is 0 Å². The molecular weight excluding hydrogens is 312 g/mol. The van der Waals surface area contributed by atoms with Crippen LogP contribution in [0.3, 0.4) is 0 Å². The summed E-state index contributed by atoms with van der Waals surface area (Å²) in [7, 11) is 0. The van der Waals surface area contributed by atoms with E-state index in [9.17, 15) is 29.4 Å². The molecule has 0 aliphatic rings. The van der Waals surface area contributed by atoms with Crippen molar-refractivity contribution in [3.8, 4) is 0 Å². The van der Waals surface area contributed by atoms with Crippen LogP contribution < -0.4 is 0 Å². The monoisotopic (exact) mass is 322 g/mol. The van der Waals surface area contributed by atoms with Gasteiger partial charge in [-0.2, -0.15) is 0 Å². The van der Waals surface area contributed by atoms with Crippen LogP contribution in [0.25, 0.3) is 21.5 Å². The quantitative estimate of drug-likeness (QED) is 0.564. The van der Waals surface area contributed by atoms with Crippen molar-refractivity contribution in [3.05, 3.63) is 58.7 Å². The van der Waals surface area contributed by atoms with E-state index in [1.54, 1.807) is 6.07 Å². The van der Waals surface area contributed by atoms with Crippen LogP contribution in [0.2, 0.25) is 0 Å². The molecule has 118 valence electrons. The zero-order valence-electron chi connectivity index (χ0n) is 12.1. The molecule has 3 aromatic carbocycles. The molecule has 0 unspecified atom stereocenters. The van der Waals surface area contributed by atoms with Crippen molar-refractivity contribution in [1.29, 1.82) is 0 Å². The van der Waals surface area contributed by atoms with Crippen LogP contribution in [0.4, 0.5) is 0 Å². The standard InChI is InChI=1S/C18H10O6/c19-7-9-1-2-10-11-4-6-14(17(21)22)16(18(23)24)13(11)5-3-12(10)15(9)8-20/h1-8H,(H,21,22)(H,23,24). The lowest BCUT2D eigenvalue weighted by Crippen LogP contribution is -2.08. The number of fused-ring (bicyclic) bond motifs is 3. The number of hydrogen-bond donors (Lipinski definition) is 2. The molecule has 2 N–H and O–H groups in total. The Morgan fingerprint density at radius 2 is 1.29 bits per heavy atom. The minimum Gasteiger partial charge on any atom is -0.478 e. The Hall–Kier alpha value is -3.54. The molecule has 0 radical (unpaired) electrons. The number of carboxylic acids is 2. The highest BCUT2D eigenvalue weighted by Crippen LogP contribution is 2.32. The zero-order valence-corrected chi connectivity index (χ0v) is 12.1. The van der Waals surface area contributed by atoms with Crippen LogP contribution in [0, 0.1) is 0 Å². The van der Waals surface area contributed by atoms with E-state index in [4.69, 9.17) is 0 Å². The number of carboxylic acid groups (broad SMARTS) is 2. The van der Waals surface area contributed by atoms with Gasteiger partial charge in [0.05, 0.1) is 11.1 Å². The lowest BCUT2D eigenvalue weighted by Gasteiger charge is -2.11. The highest BCUT2D eigenvalue weighted by Gasteiger charge is 2.20. The van der Waals surface area contributed by atoms with Gasteiger partial charge in [0.2, 0.25) is 0 Å². The van der Waals surface area contributed by atoms with Gasteiger partial charge in [0.25, 0.3) is 0 Å². The normalized spacial score (nSPS) is 10.7. The highest BCUT2D eigenvalue weighted by molar-refractivity contribution is 6.20. The van der Waals surface area contributed by atoms with E-state index < -0.39 is 11.9 Å². The summed E-state index contributed by atoms with van der Waals surface area (Å²) in [6, 6.07) is 8.79. The van der Waals surface area contributed by atoms with E-state index in [1.165, 1.54) is 30.3 Å². The molecule has 0 spiro atoms. The maximum Gasteiger partial charge on any atom is 0.337 e. The van der Waals surface area contributed by atoms with Gasteiger partial charge in [0, 0.05) is 11.1 Å². The number of hydrogen-bond acceptors (Lipinski definition) is 4. The number of aldehydes is 2. The van der Waals surface area contributed by atoms with Crippen molar-refractivity contribution < 1.29 is 29.4 Å². The van der Waals surface area contributed by atoms with Gasteiger partial charge in [-0.15, -0.1) is 0 Å². The maximum absolute atomic E-state index is 11.5. The summed E-state index contributed by atoms with van der Waals surface area (Å²) in [5.41, 5.74) is -0.176. The second kappa shape index (κ2) is 5.58. The fourth-order valence-corrected chi connectivity index (χ4v) is 2.90. The lowest BCUT2D eigenvalue weighted by molar-refractivity contribution is 0.0653. The van der Waals surface area contributed by atoms with E-state index in [0.29, 0.717) is 28.7 Å². The lowest BCUT2D eigenvalue weighted by atomic mass is 9.92. The molecule has 0 aliphatic heterocycles. The Balaban J connectivity index is 2.52. The van der Waals surface area contributed by atoms with Gasteiger partial charge in [-0.25, -0.2) is 9.59 Å². The third-order valence-electron chi connectivity index (χ3n) is 3.96. The second-order valence-corrected chi connectivity index (χ2v) is 5.16. The van der Waals surface area contributed by atoms with Crippen LogP contribution in [0.15, 0.2) is 36.4 Å². The molecule has 3 rings (SSSR count). The van der Waals surface area contributed by atoms with E-state index in [0.717, 1.165) is 0 Å². The first kappa shape index (κ1) is 15.4. The molecule has 0 bridgehead atoms. The van der Waals surface area contributed by atoms with Gasteiger partial charge in [0.1, 0.15) is 0 Å². The molecule has 0 atom stereocenters. The molecule has 0 saturated heterocycles. The van der Waals surface area contributed by atoms with Crippen LogP contribution in [-0.2, 0) is 0 Å². The molecule has 0 saturated carbocycles. The summed E-state index contributed by atoms with van der Waals surface area (Å²) in [4.78, 5) is 45.2. The first-order valence-corrected chi connectivity index (χ1v) is 6.89. The third-order valence-corrected chi connectivity index (χ3v) is 3.96. The summed E-state index contributed by atoms with van der Waals surface area (Å²) >= 11 is 0. The summed E-state index contributed by atoms with van der Waals surface area (Å²) in [5.74, 6) is -2.68. The largest absolute Gasteiger partial charge is 0.478 e. The Morgan fingerprint density at radius 1 is 0.708 bits per heavy atom. The fourth-order valence-electron chi connectivity index (χ4n) is 2.90. The number of carbonyl (C=O) groups excluding carboxylic acids is 2. The Labute approximate surface area is 134 Å². The molecule has 0 amide bonds. The predicted octanol–water partition coefficient (Wildman–Crippen LogP) is 3.01. The minimum absolute atomic E-state index is 0.212. The average Bonchev–Trinajstić information content (AvgIpc) is 2.58. The van der Waals surface area contributed by atoms with Crippen LogP contribution >= 0.6 is 0 Å². The molecular formula is C18H10O6. The third kappa shape index (κ3) is 2.13. The highest BCUT2D eigenvalue weighted by atomic mass is 16.4. The second-order valence-electron chi connectivity index (χ2n) is 5.16. The summed E-state index contributed by atoms with van der Waals surface area (Å²) < 4.78 is 0. The minimum atomic E-state index is -1.35. The van der Waals surface area contributed by atoms with Crippen molar-refractivity contribution in [2.45, 2.75) is 0 Å². The Kier molecular flexibility index (Phi) is 3.57. The Bertz CT molecular complexity index is 1050. The molecule has 0 aromatic heterocycles. The summed E-state index contributed by atoms with van der Waals surface area (Å²) in [6.45, 7) is 0. The van der Waals surface area contributed by atoms with Gasteiger partial charge in [0.15, 0.2) is 12.6 Å². The van der Waals surface area contributed by atoms with Crippen molar-refractivity contribution in [2.24, 2.45) is 0 Å². The SMILES string of the molecule is O=Cc1ccc2c(ccc3c(C(=O)O)c(C(=O)O)ccc32)c1C=O. The van der Waals surface area contributed by atoms with E-state index in [2.05, 4.69) is 0 Å². The molecule has 0 fully saturated rings. The summed E-state index contributed by atoms with van der Waals surface area (Å²) in [6.07, 6.45) is 1.14. The van der Waals surface area contributed by atoms with Crippen molar-refractivity contribution >= 4 is 46.1 Å². The molecule has 3 aromatic rings. The number of carbonyl (C=O) groups is 4. The molecule has 6 nitrogen and oxygen atoms in total. The van der Waals surface area contributed by atoms with Gasteiger partial charge in [-0.05, 0) is 27.6 Å². The first-order chi connectivity index (χ1) is 11.5. The number of benzene rings is 3. The van der Waals surface area contributed by atoms with E-state index in [1.807, 2.05) is 0 Å². The van der Waals surface area contributed by atoms with Crippen LogP contribution in [0.5, 0.6) is 0 Å².